The zero-order valence-corrected chi connectivity index (χ0v) is 16.7. The van der Waals surface area contributed by atoms with Gasteiger partial charge in [0.05, 0.1) is 50.8 Å². The lowest BCUT2D eigenvalue weighted by atomic mass is 10.1. The van der Waals surface area contributed by atoms with Crippen molar-refractivity contribution in [1.82, 2.24) is 0 Å². The largest absolute Gasteiger partial charge is 0.358 e. The molecule has 0 atom stereocenters. The predicted molar refractivity (Wildman–Crippen MR) is 111 cm³/mol. The molecule has 3 heterocycles. The Morgan fingerprint density at radius 2 is 1.57 bits per heavy atom. The van der Waals surface area contributed by atoms with Gasteiger partial charge in [0.15, 0.2) is 6.67 Å². The first kappa shape index (κ1) is 19.2. The third-order valence-electron chi connectivity index (χ3n) is 6.05. The number of ether oxygens (including phenoxy) is 2. The minimum Gasteiger partial charge on any atom is -0.358 e. The van der Waals surface area contributed by atoms with Crippen molar-refractivity contribution in [3.63, 3.8) is 0 Å². The van der Waals surface area contributed by atoms with Crippen LogP contribution >= 0.6 is 0 Å². The number of carbonyl (C=O) groups excluding carboxylic acids is 1. The zero-order valence-electron chi connectivity index (χ0n) is 16.7. The maximum atomic E-state index is 14.1. The molecule has 0 unspecified atom stereocenters. The van der Waals surface area contributed by atoms with Gasteiger partial charge in [-0.3, -0.25) is 9.69 Å². The van der Waals surface area contributed by atoms with Crippen molar-refractivity contribution >= 4 is 17.3 Å². The third kappa shape index (κ3) is 3.19. The number of fused-ring (bicyclic) bond motifs is 2. The van der Waals surface area contributed by atoms with Crippen molar-refractivity contribution in [3.05, 3.63) is 72.1 Å². The summed E-state index contributed by atoms with van der Waals surface area (Å²) in [5.74, 6) is -1.73. The zero-order chi connectivity index (χ0) is 20.6. The maximum absolute atomic E-state index is 14.1. The fourth-order valence-corrected chi connectivity index (χ4v) is 4.49. The molecule has 30 heavy (non-hydrogen) atoms. The molecule has 6 nitrogen and oxygen atoms in total. The van der Waals surface area contributed by atoms with Crippen LogP contribution in [0.3, 0.4) is 0 Å². The van der Waals surface area contributed by atoms with Crippen LogP contribution in [0.4, 0.5) is 15.8 Å². The number of hydrogen-bond acceptors (Lipinski definition) is 4. The second-order valence-electron chi connectivity index (χ2n) is 7.81. The highest BCUT2D eigenvalue weighted by molar-refractivity contribution is 6.05. The monoisotopic (exact) mass is 410 g/mol. The fraction of sp³-hybridized carbons (Fsp3) is 0.348. The molecule has 3 aliphatic heterocycles. The van der Waals surface area contributed by atoms with Crippen LogP contribution < -0.4 is 14.7 Å². The van der Waals surface area contributed by atoms with Crippen LogP contribution in [0.2, 0.25) is 0 Å². The van der Waals surface area contributed by atoms with Gasteiger partial charge in [0.25, 0.3) is 11.7 Å². The van der Waals surface area contributed by atoms with E-state index in [4.69, 9.17) is 9.47 Å². The third-order valence-corrected chi connectivity index (χ3v) is 6.05. The Hall–Kier alpha value is -2.74. The molecule has 1 amide bonds. The highest BCUT2D eigenvalue weighted by atomic mass is 19.1. The van der Waals surface area contributed by atoms with Gasteiger partial charge in [-0.2, -0.15) is 0 Å². The Balaban J connectivity index is 1.32. The summed E-state index contributed by atoms with van der Waals surface area (Å²) in [4.78, 5) is 18.6. The number of nitrogens with one attached hydrogen (secondary N) is 1. The first-order valence-electron chi connectivity index (χ1n) is 10.4. The van der Waals surface area contributed by atoms with Gasteiger partial charge in [0, 0.05) is 5.56 Å². The van der Waals surface area contributed by atoms with E-state index in [0.29, 0.717) is 25.6 Å². The standard InChI is InChI=1S/C23H24FN3O3/c24-19-8-2-4-10-21(19)26-13-11-25(12-14-26)17-27-20-9-3-1-7-18(20)23(22(27)28)29-15-5-6-16-30-23/h1-10H,11-17H2/p+1. The quantitative estimate of drug-likeness (QED) is 0.775. The maximum Gasteiger partial charge on any atom is 0.296 e. The fourth-order valence-electron chi connectivity index (χ4n) is 4.49. The van der Waals surface area contributed by atoms with Crippen LogP contribution in [-0.4, -0.2) is 52.0 Å². The summed E-state index contributed by atoms with van der Waals surface area (Å²) in [6, 6.07) is 14.6. The van der Waals surface area contributed by atoms with Crippen LogP contribution in [0.1, 0.15) is 5.56 Å². The highest BCUT2D eigenvalue weighted by Crippen LogP contribution is 2.43. The van der Waals surface area contributed by atoms with E-state index in [-0.39, 0.29) is 11.7 Å². The van der Waals surface area contributed by atoms with Crippen molar-refractivity contribution in [3.8, 4) is 0 Å². The average molecular weight is 410 g/mol. The number of quaternary nitrogens is 1. The Kier molecular flexibility index (Phi) is 5.02. The molecule has 0 aromatic heterocycles. The molecule has 1 saturated heterocycles. The average Bonchev–Trinajstić information content (AvgIpc) is 2.94. The first-order valence-corrected chi connectivity index (χ1v) is 10.4. The molecule has 5 rings (SSSR count). The highest BCUT2D eigenvalue weighted by Gasteiger charge is 2.54. The Bertz CT molecular complexity index is 962. The minimum atomic E-state index is -1.37. The van der Waals surface area contributed by atoms with E-state index in [1.54, 1.807) is 11.0 Å². The van der Waals surface area contributed by atoms with Gasteiger partial charge in [0.1, 0.15) is 5.82 Å². The molecule has 2 aromatic carbocycles. The molecule has 1 fully saturated rings. The van der Waals surface area contributed by atoms with Gasteiger partial charge < -0.3 is 19.3 Å². The Morgan fingerprint density at radius 1 is 0.933 bits per heavy atom. The lowest BCUT2D eigenvalue weighted by Crippen LogP contribution is -3.16. The number of rotatable bonds is 3. The molecule has 1 N–H and O–H groups in total. The topological polar surface area (TPSA) is 46.5 Å². The van der Waals surface area contributed by atoms with Gasteiger partial charge in [-0.15, -0.1) is 0 Å². The summed E-state index contributed by atoms with van der Waals surface area (Å²) in [5.41, 5.74) is 2.25. The summed E-state index contributed by atoms with van der Waals surface area (Å²) >= 11 is 0. The van der Waals surface area contributed by atoms with Gasteiger partial charge in [-0.25, -0.2) is 4.39 Å². The lowest BCUT2D eigenvalue weighted by Gasteiger charge is -2.35. The summed E-state index contributed by atoms with van der Waals surface area (Å²) in [6.07, 6.45) is 3.75. The number of piperazine rings is 1. The number of para-hydroxylation sites is 2. The molecule has 0 saturated carbocycles. The van der Waals surface area contributed by atoms with Crippen LogP contribution in [0.15, 0.2) is 60.7 Å². The van der Waals surface area contributed by atoms with Crippen LogP contribution in [0.25, 0.3) is 0 Å². The Morgan fingerprint density at radius 3 is 2.27 bits per heavy atom. The number of halogens is 1. The van der Waals surface area contributed by atoms with E-state index in [2.05, 4.69) is 4.90 Å². The van der Waals surface area contributed by atoms with Crippen molar-refractivity contribution in [2.24, 2.45) is 0 Å². The summed E-state index contributed by atoms with van der Waals surface area (Å²) < 4.78 is 26.0. The molecule has 1 spiro atoms. The van der Waals surface area contributed by atoms with E-state index in [9.17, 15) is 9.18 Å². The van der Waals surface area contributed by atoms with Crippen molar-refractivity contribution in [2.75, 3.05) is 55.9 Å². The van der Waals surface area contributed by atoms with Gasteiger partial charge in [-0.1, -0.05) is 42.5 Å². The van der Waals surface area contributed by atoms with E-state index in [1.807, 2.05) is 48.6 Å². The number of nitrogens with zero attached hydrogens (tertiary/aromatic N) is 2. The van der Waals surface area contributed by atoms with Crippen molar-refractivity contribution < 1.29 is 23.6 Å². The van der Waals surface area contributed by atoms with Gasteiger partial charge in [0.2, 0.25) is 0 Å². The lowest BCUT2D eigenvalue weighted by molar-refractivity contribution is -0.899. The smallest absolute Gasteiger partial charge is 0.296 e. The minimum absolute atomic E-state index is 0.170. The molecular formula is C23H25FN3O3+. The molecule has 7 heteroatoms. The number of anilines is 2. The molecule has 3 aliphatic rings. The van der Waals surface area contributed by atoms with Crippen LogP contribution in [-0.2, 0) is 20.1 Å². The summed E-state index contributed by atoms with van der Waals surface area (Å²) in [5, 5.41) is 0. The second-order valence-corrected chi connectivity index (χ2v) is 7.81. The summed E-state index contributed by atoms with van der Waals surface area (Å²) in [6.45, 7) is 4.31. The van der Waals surface area contributed by atoms with E-state index in [1.165, 1.54) is 11.0 Å². The Labute approximate surface area is 175 Å². The van der Waals surface area contributed by atoms with E-state index >= 15 is 0 Å². The molecule has 0 aliphatic carbocycles. The number of hydrogen-bond donors (Lipinski definition) is 1. The molecular weight excluding hydrogens is 385 g/mol. The van der Waals surface area contributed by atoms with Crippen LogP contribution in [0, 0.1) is 5.82 Å². The number of benzene rings is 2. The molecule has 0 radical (unpaired) electrons. The van der Waals surface area contributed by atoms with Gasteiger partial charge in [-0.05, 0) is 18.2 Å². The molecule has 0 bridgehead atoms. The summed E-state index contributed by atoms with van der Waals surface area (Å²) in [7, 11) is 0. The normalized spacial score (nSPS) is 21.2. The second kappa shape index (κ2) is 7.83. The van der Waals surface area contributed by atoms with E-state index < -0.39 is 5.79 Å². The van der Waals surface area contributed by atoms with Gasteiger partial charge >= 0.3 is 0 Å². The first-order chi connectivity index (χ1) is 14.7. The molecule has 156 valence electrons. The predicted octanol–water partition coefficient (Wildman–Crippen LogP) is 1.29. The number of carbonyl (C=O) groups is 1. The van der Waals surface area contributed by atoms with Crippen molar-refractivity contribution in [1.29, 1.82) is 0 Å². The molecule has 2 aromatic rings. The van der Waals surface area contributed by atoms with Crippen molar-refractivity contribution in [2.45, 2.75) is 5.79 Å². The SMILES string of the molecule is O=C1N(C[NH+]2CCN(c3ccccc3F)CC2)c2ccccc2C12OCC=CCO2. The van der Waals surface area contributed by atoms with Crippen LogP contribution in [0.5, 0.6) is 0 Å². The number of amides is 1. The van der Waals surface area contributed by atoms with E-state index in [0.717, 1.165) is 37.4 Å².